The van der Waals surface area contributed by atoms with Gasteiger partial charge in [-0.1, -0.05) is 11.6 Å². The number of hydrogen-bond donors (Lipinski definition) is 1. The van der Waals surface area contributed by atoms with Crippen LogP contribution in [-0.2, 0) is 0 Å². The zero-order chi connectivity index (χ0) is 14.7. The molecule has 106 valence electrons. The Morgan fingerprint density at radius 1 is 1.20 bits per heavy atom. The minimum absolute atomic E-state index is 0.0198. The summed E-state index contributed by atoms with van der Waals surface area (Å²) in [4.78, 5) is 0.710. The molecule has 0 aromatic heterocycles. The van der Waals surface area contributed by atoms with E-state index in [0.717, 1.165) is 11.9 Å². The molecule has 2 aromatic rings. The van der Waals surface area contributed by atoms with Gasteiger partial charge in [0.2, 0.25) is 0 Å². The fourth-order valence-corrected chi connectivity index (χ4v) is 2.63. The second-order valence-corrected chi connectivity index (χ2v) is 5.32. The van der Waals surface area contributed by atoms with E-state index in [2.05, 4.69) is 4.72 Å². The predicted molar refractivity (Wildman–Crippen MR) is 78.6 cm³/mol. The van der Waals surface area contributed by atoms with E-state index < -0.39 is 11.6 Å². The quantitative estimate of drug-likeness (QED) is 0.797. The Hall–Kier alpha value is -1.46. The third-order valence-corrected chi connectivity index (χ3v) is 3.81. The number of benzene rings is 2. The summed E-state index contributed by atoms with van der Waals surface area (Å²) in [5.41, 5.74) is 0.185. The second-order valence-electron chi connectivity index (χ2n) is 4.03. The van der Waals surface area contributed by atoms with Crippen molar-refractivity contribution in [2.24, 2.45) is 0 Å². The summed E-state index contributed by atoms with van der Waals surface area (Å²) in [7, 11) is 1.54. The first-order chi connectivity index (χ1) is 9.52. The topological polar surface area (TPSA) is 21.3 Å². The van der Waals surface area contributed by atoms with Gasteiger partial charge in [-0.05, 0) is 49.2 Å². The molecular formula is C14H12ClF2NOS. The van der Waals surface area contributed by atoms with E-state index in [1.165, 1.54) is 26.2 Å². The number of rotatable bonds is 4. The van der Waals surface area contributed by atoms with Crippen LogP contribution in [0.2, 0.25) is 5.02 Å². The van der Waals surface area contributed by atoms with Crippen LogP contribution in [0, 0.1) is 18.6 Å². The zero-order valence-corrected chi connectivity index (χ0v) is 12.4. The van der Waals surface area contributed by atoms with Gasteiger partial charge in [-0.2, -0.15) is 0 Å². The van der Waals surface area contributed by atoms with E-state index in [4.69, 9.17) is 16.3 Å². The van der Waals surface area contributed by atoms with Crippen molar-refractivity contribution < 1.29 is 13.5 Å². The Labute approximate surface area is 125 Å². The minimum atomic E-state index is -0.613. The molecule has 0 aliphatic carbocycles. The number of anilines is 1. The molecule has 0 heterocycles. The van der Waals surface area contributed by atoms with Crippen LogP contribution < -0.4 is 9.46 Å². The number of halogens is 3. The van der Waals surface area contributed by atoms with E-state index in [1.54, 1.807) is 18.2 Å². The summed E-state index contributed by atoms with van der Waals surface area (Å²) in [5, 5.41) is 0.547. The van der Waals surface area contributed by atoms with Gasteiger partial charge in [0.05, 0.1) is 17.7 Å². The molecule has 0 aliphatic rings. The maximum absolute atomic E-state index is 13.9. The average molecular weight is 316 g/mol. The summed E-state index contributed by atoms with van der Waals surface area (Å²) in [5.74, 6) is -0.567. The first-order valence-electron chi connectivity index (χ1n) is 5.74. The SMILES string of the molecule is COc1ccc(Cl)cc1SNc1ccc(F)c(C)c1F. The van der Waals surface area contributed by atoms with Crippen LogP contribution in [0.4, 0.5) is 14.5 Å². The Morgan fingerprint density at radius 3 is 2.65 bits per heavy atom. The minimum Gasteiger partial charge on any atom is -0.496 e. The first kappa shape index (κ1) is 14.9. The molecule has 2 nitrogen and oxygen atoms in total. The molecule has 0 spiro atoms. The molecule has 0 bridgehead atoms. The summed E-state index contributed by atoms with van der Waals surface area (Å²) < 4.78 is 35.1. The van der Waals surface area contributed by atoms with Crippen LogP contribution in [0.25, 0.3) is 0 Å². The summed E-state index contributed by atoms with van der Waals surface area (Å²) in [6.07, 6.45) is 0. The lowest BCUT2D eigenvalue weighted by Gasteiger charge is -2.11. The van der Waals surface area contributed by atoms with Gasteiger partial charge in [-0.15, -0.1) is 0 Å². The summed E-state index contributed by atoms with van der Waals surface area (Å²) >= 11 is 7.06. The van der Waals surface area contributed by atoms with Crippen molar-refractivity contribution in [3.63, 3.8) is 0 Å². The van der Waals surface area contributed by atoms with E-state index in [1.807, 2.05) is 0 Å². The van der Waals surface area contributed by atoms with Gasteiger partial charge < -0.3 is 9.46 Å². The van der Waals surface area contributed by atoms with Crippen LogP contribution in [0.3, 0.4) is 0 Å². The van der Waals surface area contributed by atoms with Gasteiger partial charge in [0.1, 0.15) is 11.6 Å². The van der Waals surface area contributed by atoms with E-state index in [0.29, 0.717) is 15.7 Å². The molecule has 20 heavy (non-hydrogen) atoms. The third kappa shape index (κ3) is 3.16. The monoisotopic (exact) mass is 315 g/mol. The molecule has 0 radical (unpaired) electrons. The standard InChI is InChI=1S/C14H12ClF2NOS/c1-8-10(16)4-5-11(14(8)17)18-20-13-7-9(15)3-6-12(13)19-2/h3-7,18H,1-2H3. The highest BCUT2D eigenvalue weighted by Crippen LogP contribution is 2.33. The maximum atomic E-state index is 13.9. The van der Waals surface area contributed by atoms with E-state index in [9.17, 15) is 8.78 Å². The Bertz CT molecular complexity index is 637. The van der Waals surface area contributed by atoms with Gasteiger partial charge in [0.15, 0.2) is 5.82 Å². The van der Waals surface area contributed by atoms with E-state index in [-0.39, 0.29) is 11.3 Å². The van der Waals surface area contributed by atoms with Gasteiger partial charge in [-0.25, -0.2) is 8.78 Å². The first-order valence-corrected chi connectivity index (χ1v) is 6.93. The fourth-order valence-electron chi connectivity index (χ4n) is 1.58. The van der Waals surface area contributed by atoms with Crippen molar-refractivity contribution in [2.45, 2.75) is 11.8 Å². The largest absolute Gasteiger partial charge is 0.496 e. The van der Waals surface area contributed by atoms with E-state index >= 15 is 0 Å². The second kappa shape index (κ2) is 6.33. The van der Waals surface area contributed by atoms with Crippen molar-refractivity contribution in [3.8, 4) is 5.75 Å². The molecule has 2 rings (SSSR count). The van der Waals surface area contributed by atoms with Crippen LogP contribution in [0.15, 0.2) is 35.2 Å². The molecular weight excluding hydrogens is 304 g/mol. The molecule has 1 N–H and O–H groups in total. The molecule has 0 amide bonds. The molecule has 0 unspecified atom stereocenters. The van der Waals surface area contributed by atoms with Crippen LogP contribution in [0.5, 0.6) is 5.75 Å². The molecule has 6 heteroatoms. The number of hydrogen-bond acceptors (Lipinski definition) is 3. The maximum Gasteiger partial charge on any atom is 0.152 e. The smallest absolute Gasteiger partial charge is 0.152 e. The van der Waals surface area contributed by atoms with Crippen LogP contribution in [-0.4, -0.2) is 7.11 Å². The molecule has 0 fully saturated rings. The lowest BCUT2D eigenvalue weighted by atomic mass is 10.2. The van der Waals surface area contributed by atoms with Gasteiger partial charge >= 0.3 is 0 Å². The highest BCUT2D eigenvalue weighted by atomic mass is 35.5. The van der Waals surface area contributed by atoms with Gasteiger partial charge in [0.25, 0.3) is 0 Å². The average Bonchev–Trinajstić information content (AvgIpc) is 2.44. The fraction of sp³-hybridized carbons (Fsp3) is 0.143. The molecule has 0 saturated heterocycles. The van der Waals surface area contributed by atoms with Crippen LogP contribution in [0.1, 0.15) is 5.56 Å². The number of nitrogens with one attached hydrogen (secondary N) is 1. The molecule has 0 atom stereocenters. The molecule has 2 aromatic carbocycles. The van der Waals surface area contributed by atoms with Crippen molar-refractivity contribution >= 4 is 29.2 Å². The predicted octanol–water partition coefficient (Wildman–Crippen LogP) is 5.05. The van der Waals surface area contributed by atoms with Crippen LogP contribution >= 0.6 is 23.5 Å². The normalized spacial score (nSPS) is 10.4. The van der Waals surface area contributed by atoms with Crippen molar-refractivity contribution in [3.05, 3.63) is 52.6 Å². The number of ether oxygens (including phenoxy) is 1. The van der Waals surface area contributed by atoms with Crippen molar-refractivity contribution in [1.82, 2.24) is 0 Å². The van der Waals surface area contributed by atoms with Gasteiger partial charge in [-0.3, -0.25) is 0 Å². The van der Waals surface area contributed by atoms with Gasteiger partial charge in [0, 0.05) is 10.6 Å². The zero-order valence-electron chi connectivity index (χ0n) is 10.8. The lowest BCUT2D eigenvalue weighted by Crippen LogP contribution is -1.97. The Kier molecular flexibility index (Phi) is 4.73. The highest BCUT2D eigenvalue weighted by Gasteiger charge is 2.11. The third-order valence-electron chi connectivity index (χ3n) is 2.72. The summed E-state index contributed by atoms with van der Waals surface area (Å²) in [6.45, 7) is 1.39. The van der Waals surface area contributed by atoms with Crippen molar-refractivity contribution in [2.75, 3.05) is 11.8 Å². The lowest BCUT2D eigenvalue weighted by molar-refractivity contribution is 0.405. The highest BCUT2D eigenvalue weighted by molar-refractivity contribution is 8.00. The van der Waals surface area contributed by atoms with Crippen molar-refractivity contribution in [1.29, 1.82) is 0 Å². The number of methoxy groups -OCH3 is 1. The Morgan fingerprint density at radius 2 is 1.95 bits per heavy atom. The molecule has 0 aliphatic heterocycles. The molecule has 0 saturated carbocycles. The Balaban J connectivity index is 2.21. The summed E-state index contributed by atoms with van der Waals surface area (Å²) in [6, 6.07) is 7.69.